The summed E-state index contributed by atoms with van der Waals surface area (Å²) in [5.41, 5.74) is 17.0. The van der Waals surface area contributed by atoms with Crippen LogP contribution < -0.4 is 4.90 Å². The lowest BCUT2D eigenvalue weighted by atomic mass is 9.96. The lowest BCUT2D eigenvalue weighted by molar-refractivity contribution is 0.669. The molecule has 10 rings (SSSR count). The first-order chi connectivity index (χ1) is 27.7. The molecule has 0 N–H and O–H groups in total. The zero-order chi connectivity index (χ0) is 37.3. The summed E-state index contributed by atoms with van der Waals surface area (Å²) in [6.45, 7) is 0. The van der Waals surface area contributed by atoms with Crippen molar-refractivity contribution < 1.29 is 4.42 Å². The fourth-order valence-corrected chi connectivity index (χ4v) is 7.76. The number of fused-ring (bicyclic) bond motifs is 3. The van der Waals surface area contributed by atoms with Crippen molar-refractivity contribution in [2.24, 2.45) is 0 Å². The zero-order valence-electron chi connectivity index (χ0n) is 30.7. The molecule has 0 saturated carbocycles. The Morgan fingerprint density at radius 1 is 0.232 bits per heavy atom. The van der Waals surface area contributed by atoms with Crippen molar-refractivity contribution in [2.75, 3.05) is 4.90 Å². The van der Waals surface area contributed by atoms with Crippen LogP contribution in [0.4, 0.5) is 17.1 Å². The van der Waals surface area contributed by atoms with Crippen molar-refractivity contribution in [3.05, 3.63) is 224 Å². The summed E-state index contributed by atoms with van der Waals surface area (Å²) in [5, 5.41) is 2.26. The van der Waals surface area contributed by atoms with Gasteiger partial charge in [0.2, 0.25) is 0 Å². The minimum atomic E-state index is 0.902. The van der Waals surface area contributed by atoms with Crippen molar-refractivity contribution in [2.45, 2.75) is 0 Å². The third-order valence-electron chi connectivity index (χ3n) is 10.7. The molecule has 0 fully saturated rings. The van der Waals surface area contributed by atoms with Gasteiger partial charge in [0.25, 0.3) is 0 Å². The number of hydrogen-bond acceptors (Lipinski definition) is 2. The molecule has 1 aromatic heterocycles. The fourth-order valence-electron chi connectivity index (χ4n) is 7.76. The largest absolute Gasteiger partial charge is 0.456 e. The number of para-hydroxylation sites is 1. The van der Waals surface area contributed by atoms with E-state index in [1.165, 1.54) is 55.6 Å². The van der Waals surface area contributed by atoms with E-state index in [1.54, 1.807) is 0 Å². The summed E-state index contributed by atoms with van der Waals surface area (Å²) in [6.07, 6.45) is 0. The third kappa shape index (κ3) is 6.44. The Labute approximate surface area is 327 Å². The van der Waals surface area contributed by atoms with Gasteiger partial charge >= 0.3 is 0 Å². The van der Waals surface area contributed by atoms with Crippen LogP contribution in [0.2, 0.25) is 0 Å². The molecule has 2 heteroatoms. The molecule has 0 atom stereocenters. The molecular formula is C54H37NO. The highest BCUT2D eigenvalue weighted by atomic mass is 16.3. The van der Waals surface area contributed by atoms with Gasteiger partial charge in [-0.1, -0.05) is 158 Å². The maximum atomic E-state index is 6.25. The van der Waals surface area contributed by atoms with Gasteiger partial charge in [-0.25, -0.2) is 0 Å². The van der Waals surface area contributed by atoms with E-state index >= 15 is 0 Å². The molecule has 264 valence electrons. The molecule has 10 aromatic rings. The molecule has 0 aliphatic heterocycles. The molecule has 56 heavy (non-hydrogen) atoms. The predicted octanol–water partition coefficient (Wildman–Crippen LogP) is 15.4. The second-order valence-electron chi connectivity index (χ2n) is 14.2. The zero-order valence-corrected chi connectivity index (χ0v) is 30.7. The second kappa shape index (κ2) is 14.4. The van der Waals surface area contributed by atoms with Gasteiger partial charge in [-0.3, -0.25) is 0 Å². The first kappa shape index (κ1) is 33.2. The lowest BCUT2D eigenvalue weighted by Gasteiger charge is -2.26. The van der Waals surface area contributed by atoms with Crippen LogP contribution in [0.25, 0.3) is 77.6 Å². The van der Waals surface area contributed by atoms with E-state index < -0.39 is 0 Å². The molecular weight excluding hydrogens is 679 g/mol. The van der Waals surface area contributed by atoms with E-state index in [0.717, 1.165) is 39.0 Å². The minimum Gasteiger partial charge on any atom is -0.456 e. The topological polar surface area (TPSA) is 16.4 Å². The van der Waals surface area contributed by atoms with Crippen molar-refractivity contribution in [1.82, 2.24) is 0 Å². The summed E-state index contributed by atoms with van der Waals surface area (Å²) < 4.78 is 6.25. The quantitative estimate of drug-likeness (QED) is 0.156. The Morgan fingerprint density at radius 2 is 0.536 bits per heavy atom. The highest BCUT2D eigenvalue weighted by Gasteiger charge is 2.14. The van der Waals surface area contributed by atoms with Gasteiger partial charge in [0.05, 0.1) is 0 Å². The first-order valence-corrected chi connectivity index (χ1v) is 19.1. The van der Waals surface area contributed by atoms with E-state index in [1.807, 2.05) is 0 Å². The maximum Gasteiger partial charge on any atom is 0.135 e. The van der Waals surface area contributed by atoms with Crippen LogP contribution in [-0.4, -0.2) is 0 Å². The average Bonchev–Trinajstić information content (AvgIpc) is 3.65. The van der Waals surface area contributed by atoms with Crippen LogP contribution in [-0.2, 0) is 0 Å². The second-order valence-corrected chi connectivity index (χ2v) is 14.2. The highest BCUT2D eigenvalue weighted by molar-refractivity contribution is 6.07. The van der Waals surface area contributed by atoms with E-state index in [0.29, 0.717) is 0 Å². The van der Waals surface area contributed by atoms with Crippen molar-refractivity contribution >= 4 is 39.0 Å². The Balaban J connectivity index is 0.909. The van der Waals surface area contributed by atoms with Gasteiger partial charge in [0.1, 0.15) is 11.2 Å². The number of furan rings is 1. The lowest BCUT2D eigenvalue weighted by Crippen LogP contribution is -2.09. The van der Waals surface area contributed by atoms with Crippen molar-refractivity contribution in [1.29, 1.82) is 0 Å². The molecule has 0 radical (unpaired) electrons. The smallest absolute Gasteiger partial charge is 0.135 e. The van der Waals surface area contributed by atoms with Crippen molar-refractivity contribution in [3.63, 3.8) is 0 Å². The fraction of sp³-hybridized carbons (Fsp3) is 0. The molecule has 0 spiro atoms. The van der Waals surface area contributed by atoms with Crippen LogP contribution in [0.15, 0.2) is 229 Å². The van der Waals surface area contributed by atoms with Crippen molar-refractivity contribution in [3.8, 4) is 55.6 Å². The minimum absolute atomic E-state index is 0.902. The summed E-state index contributed by atoms with van der Waals surface area (Å²) >= 11 is 0. The molecule has 0 unspecified atom stereocenters. The summed E-state index contributed by atoms with van der Waals surface area (Å²) in [7, 11) is 0. The molecule has 0 amide bonds. The number of nitrogens with zero attached hydrogens (tertiary/aromatic N) is 1. The Kier molecular flexibility index (Phi) is 8.55. The molecule has 9 aromatic carbocycles. The van der Waals surface area contributed by atoms with E-state index in [-0.39, 0.29) is 0 Å². The van der Waals surface area contributed by atoms with Gasteiger partial charge < -0.3 is 9.32 Å². The predicted molar refractivity (Wildman–Crippen MR) is 236 cm³/mol. The highest BCUT2D eigenvalue weighted by Crippen LogP contribution is 2.38. The Hall–Kier alpha value is -7.42. The molecule has 1 heterocycles. The van der Waals surface area contributed by atoms with Gasteiger partial charge in [-0.05, 0) is 122 Å². The first-order valence-electron chi connectivity index (χ1n) is 19.1. The average molecular weight is 716 g/mol. The van der Waals surface area contributed by atoms with Crippen LogP contribution in [0.1, 0.15) is 0 Å². The van der Waals surface area contributed by atoms with Crippen LogP contribution in [0.3, 0.4) is 0 Å². The molecule has 0 saturated heterocycles. The van der Waals surface area contributed by atoms with Gasteiger partial charge in [0, 0.05) is 27.8 Å². The summed E-state index contributed by atoms with van der Waals surface area (Å²) in [6, 6.07) is 80.0. The maximum absolute atomic E-state index is 6.25. The van der Waals surface area contributed by atoms with Gasteiger partial charge in [0.15, 0.2) is 0 Å². The van der Waals surface area contributed by atoms with E-state index in [9.17, 15) is 0 Å². The molecule has 0 aliphatic carbocycles. The number of benzene rings is 9. The number of anilines is 3. The van der Waals surface area contributed by atoms with Gasteiger partial charge in [-0.2, -0.15) is 0 Å². The summed E-state index contributed by atoms with van der Waals surface area (Å²) in [5.74, 6) is 0. The van der Waals surface area contributed by atoms with Gasteiger partial charge in [-0.15, -0.1) is 0 Å². The van der Waals surface area contributed by atoms with E-state index in [2.05, 4.69) is 229 Å². The molecule has 0 bridgehead atoms. The Bertz CT molecular complexity index is 2910. The molecule has 0 aliphatic rings. The SMILES string of the molecule is c1ccc(-c2ccc(N(c3ccccc3)c3ccc(-c4ccc(-c5cccc(-c6ccc7oc8ccc(-c9ccccc9)cc8c7c6)c5)cc4)cc3)cc2)cc1. The van der Waals surface area contributed by atoms with E-state index in [4.69, 9.17) is 4.42 Å². The van der Waals surface area contributed by atoms with Crippen LogP contribution in [0, 0.1) is 0 Å². The van der Waals surface area contributed by atoms with Crippen LogP contribution in [0.5, 0.6) is 0 Å². The third-order valence-corrected chi connectivity index (χ3v) is 10.7. The standard InChI is InChI=1S/C54H37NO/c1-4-11-38(12-5-1)41-23-29-49(30-24-41)55(48-17-8-3-9-18-48)50-31-25-42(26-32-50)40-19-21-43(22-20-40)44-15-10-16-45(35-44)47-28-34-54-52(37-47)51-36-46(27-33-53(51)56-54)39-13-6-2-7-14-39/h1-37H. The van der Waals surface area contributed by atoms with Crippen LogP contribution >= 0.6 is 0 Å². The molecule has 2 nitrogen and oxygen atoms in total. The number of hydrogen-bond donors (Lipinski definition) is 0. The number of rotatable bonds is 8. The Morgan fingerprint density at radius 3 is 1.04 bits per heavy atom. The normalized spacial score (nSPS) is 11.2. The monoisotopic (exact) mass is 715 g/mol. The summed E-state index contributed by atoms with van der Waals surface area (Å²) in [4.78, 5) is 2.31.